The normalized spacial score (nSPS) is 13.9. The Balaban J connectivity index is 1.60. The lowest BCUT2D eigenvalue weighted by atomic mass is 10.2. The molecule has 8 heteroatoms. The van der Waals surface area contributed by atoms with Crippen molar-refractivity contribution in [3.63, 3.8) is 0 Å². The molecule has 0 saturated heterocycles. The molecule has 116 valence electrons. The molecule has 0 atom stereocenters. The van der Waals surface area contributed by atoms with Gasteiger partial charge >= 0.3 is 0 Å². The second kappa shape index (κ2) is 5.64. The third-order valence-electron chi connectivity index (χ3n) is 3.74. The minimum absolute atomic E-state index is 0.125. The number of hydrogen-bond donors (Lipinski definition) is 3. The van der Waals surface area contributed by atoms with Gasteiger partial charge in [-0.25, -0.2) is 0 Å². The molecule has 0 radical (unpaired) electrons. The Morgan fingerprint density at radius 1 is 1.30 bits per heavy atom. The van der Waals surface area contributed by atoms with E-state index in [0.717, 1.165) is 17.0 Å². The van der Waals surface area contributed by atoms with Gasteiger partial charge in [-0.1, -0.05) is 6.07 Å². The first-order valence-electron chi connectivity index (χ1n) is 7.48. The SMILES string of the molecule is Nc1nnc(-c2cc(C3CC3)[nH]n2)c(NCc2cccnc2)n1. The predicted octanol–water partition coefficient (Wildman–Crippen LogP) is 1.73. The van der Waals surface area contributed by atoms with Gasteiger partial charge in [-0.05, 0) is 30.5 Å². The van der Waals surface area contributed by atoms with Crippen LogP contribution in [0.3, 0.4) is 0 Å². The maximum absolute atomic E-state index is 5.67. The number of hydrogen-bond acceptors (Lipinski definition) is 7. The first kappa shape index (κ1) is 13.6. The molecule has 3 heterocycles. The lowest BCUT2D eigenvalue weighted by Crippen LogP contribution is -2.08. The first-order chi connectivity index (χ1) is 11.3. The van der Waals surface area contributed by atoms with E-state index in [0.29, 0.717) is 24.0 Å². The van der Waals surface area contributed by atoms with Gasteiger partial charge in [-0.3, -0.25) is 10.1 Å². The highest BCUT2D eigenvalue weighted by molar-refractivity contribution is 5.68. The molecule has 0 bridgehead atoms. The van der Waals surface area contributed by atoms with E-state index in [1.807, 2.05) is 18.2 Å². The van der Waals surface area contributed by atoms with E-state index >= 15 is 0 Å². The molecule has 0 amide bonds. The van der Waals surface area contributed by atoms with Crippen molar-refractivity contribution in [3.8, 4) is 11.4 Å². The van der Waals surface area contributed by atoms with E-state index < -0.39 is 0 Å². The number of nitrogens with one attached hydrogen (secondary N) is 2. The fourth-order valence-corrected chi connectivity index (χ4v) is 2.38. The zero-order valence-electron chi connectivity index (χ0n) is 12.4. The number of nitrogen functional groups attached to an aromatic ring is 1. The summed E-state index contributed by atoms with van der Waals surface area (Å²) in [6, 6.07) is 5.88. The molecule has 4 N–H and O–H groups in total. The molecule has 1 saturated carbocycles. The standard InChI is InChI=1S/C15H16N8/c16-15-19-14(18-8-9-2-1-5-17-7-9)13(22-23-15)12-6-11(20-21-12)10-3-4-10/h1-2,5-7,10H,3-4,8H2,(H,20,21)(H3,16,18,19,23). The van der Waals surface area contributed by atoms with Crippen molar-refractivity contribution in [3.05, 3.63) is 41.9 Å². The lowest BCUT2D eigenvalue weighted by Gasteiger charge is -2.08. The summed E-state index contributed by atoms with van der Waals surface area (Å²) in [5, 5.41) is 18.6. The van der Waals surface area contributed by atoms with Crippen molar-refractivity contribution in [1.29, 1.82) is 0 Å². The fraction of sp³-hybridized carbons (Fsp3) is 0.267. The zero-order valence-corrected chi connectivity index (χ0v) is 12.4. The fourth-order valence-electron chi connectivity index (χ4n) is 2.38. The van der Waals surface area contributed by atoms with Crippen LogP contribution >= 0.6 is 0 Å². The Morgan fingerprint density at radius 2 is 2.22 bits per heavy atom. The molecule has 3 aromatic heterocycles. The van der Waals surface area contributed by atoms with Crippen LogP contribution in [0.1, 0.15) is 30.0 Å². The van der Waals surface area contributed by atoms with Gasteiger partial charge in [0.15, 0.2) is 11.5 Å². The summed E-state index contributed by atoms with van der Waals surface area (Å²) in [5.74, 6) is 1.29. The van der Waals surface area contributed by atoms with Crippen LogP contribution in [-0.4, -0.2) is 30.4 Å². The minimum Gasteiger partial charge on any atom is -0.366 e. The van der Waals surface area contributed by atoms with Crippen molar-refractivity contribution in [2.75, 3.05) is 11.1 Å². The smallest absolute Gasteiger partial charge is 0.242 e. The summed E-state index contributed by atoms with van der Waals surface area (Å²) >= 11 is 0. The molecule has 0 unspecified atom stereocenters. The van der Waals surface area contributed by atoms with Crippen LogP contribution in [0, 0.1) is 0 Å². The lowest BCUT2D eigenvalue weighted by molar-refractivity contribution is 0.949. The van der Waals surface area contributed by atoms with E-state index in [1.54, 1.807) is 12.4 Å². The second-order valence-electron chi connectivity index (χ2n) is 5.56. The number of nitrogens with zero attached hydrogens (tertiary/aromatic N) is 5. The summed E-state index contributed by atoms with van der Waals surface area (Å²) in [7, 11) is 0. The Labute approximate surface area is 132 Å². The molecule has 0 aliphatic heterocycles. The second-order valence-corrected chi connectivity index (χ2v) is 5.56. The highest BCUT2D eigenvalue weighted by Gasteiger charge is 2.26. The maximum atomic E-state index is 5.67. The molecular formula is C15H16N8. The average Bonchev–Trinajstić information content (AvgIpc) is 3.32. The number of aromatic nitrogens is 6. The third kappa shape index (κ3) is 2.96. The summed E-state index contributed by atoms with van der Waals surface area (Å²) in [6.07, 6.45) is 5.95. The van der Waals surface area contributed by atoms with E-state index in [1.165, 1.54) is 12.8 Å². The molecular weight excluding hydrogens is 292 g/mol. The predicted molar refractivity (Wildman–Crippen MR) is 85.4 cm³/mol. The molecule has 1 aliphatic carbocycles. The topological polar surface area (TPSA) is 118 Å². The Kier molecular flexibility index (Phi) is 3.34. The minimum atomic E-state index is 0.125. The van der Waals surface area contributed by atoms with Crippen molar-refractivity contribution in [2.24, 2.45) is 0 Å². The van der Waals surface area contributed by atoms with Crippen LogP contribution < -0.4 is 11.1 Å². The maximum Gasteiger partial charge on any atom is 0.242 e. The summed E-state index contributed by atoms with van der Waals surface area (Å²) < 4.78 is 0. The van der Waals surface area contributed by atoms with Crippen molar-refractivity contribution < 1.29 is 0 Å². The van der Waals surface area contributed by atoms with Gasteiger partial charge in [0.05, 0.1) is 0 Å². The largest absolute Gasteiger partial charge is 0.366 e. The number of anilines is 2. The Bertz CT molecular complexity index is 809. The van der Waals surface area contributed by atoms with Crippen LogP contribution in [0.4, 0.5) is 11.8 Å². The van der Waals surface area contributed by atoms with Gasteiger partial charge in [0.2, 0.25) is 5.95 Å². The van der Waals surface area contributed by atoms with E-state index in [2.05, 4.69) is 35.7 Å². The van der Waals surface area contributed by atoms with Crippen LogP contribution in [-0.2, 0) is 6.54 Å². The van der Waals surface area contributed by atoms with Crippen molar-refractivity contribution in [2.45, 2.75) is 25.3 Å². The Hall–Kier alpha value is -3.03. The van der Waals surface area contributed by atoms with Gasteiger partial charge in [-0.15, -0.1) is 10.2 Å². The number of nitrogens with two attached hydrogens (primary N) is 1. The van der Waals surface area contributed by atoms with Crippen molar-refractivity contribution >= 4 is 11.8 Å². The number of rotatable bonds is 5. The summed E-state index contributed by atoms with van der Waals surface area (Å²) in [4.78, 5) is 8.35. The number of pyridine rings is 1. The van der Waals surface area contributed by atoms with E-state index in [4.69, 9.17) is 5.73 Å². The van der Waals surface area contributed by atoms with Crippen LogP contribution in [0.5, 0.6) is 0 Å². The molecule has 23 heavy (non-hydrogen) atoms. The molecule has 0 aromatic carbocycles. The van der Waals surface area contributed by atoms with Crippen LogP contribution in [0.15, 0.2) is 30.6 Å². The highest BCUT2D eigenvalue weighted by Crippen LogP contribution is 2.40. The Morgan fingerprint density at radius 3 is 3.00 bits per heavy atom. The zero-order chi connectivity index (χ0) is 15.6. The number of aromatic amines is 1. The molecule has 0 spiro atoms. The van der Waals surface area contributed by atoms with E-state index in [-0.39, 0.29) is 5.95 Å². The third-order valence-corrected chi connectivity index (χ3v) is 3.74. The highest BCUT2D eigenvalue weighted by atomic mass is 15.2. The van der Waals surface area contributed by atoms with Gasteiger partial charge in [0.25, 0.3) is 0 Å². The monoisotopic (exact) mass is 308 g/mol. The molecule has 1 aliphatic rings. The quantitative estimate of drug-likeness (QED) is 0.656. The molecule has 8 nitrogen and oxygen atoms in total. The molecule has 3 aromatic rings. The van der Waals surface area contributed by atoms with Crippen LogP contribution in [0.2, 0.25) is 0 Å². The van der Waals surface area contributed by atoms with Crippen LogP contribution in [0.25, 0.3) is 11.4 Å². The number of H-pyrrole nitrogens is 1. The summed E-state index contributed by atoms with van der Waals surface area (Å²) in [6.45, 7) is 0.568. The first-order valence-corrected chi connectivity index (χ1v) is 7.48. The van der Waals surface area contributed by atoms with E-state index in [9.17, 15) is 0 Å². The van der Waals surface area contributed by atoms with Gasteiger partial charge in [-0.2, -0.15) is 10.1 Å². The van der Waals surface area contributed by atoms with Gasteiger partial charge in [0, 0.05) is 30.6 Å². The average molecular weight is 308 g/mol. The molecule has 1 fully saturated rings. The molecule has 4 rings (SSSR count). The van der Waals surface area contributed by atoms with Gasteiger partial charge in [0.1, 0.15) is 5.69 Å². The van der Waals surface area contributed by atoms with Crippen molar-refractivity contribution in [1.82, 2.24) is 30.4 Å². The van der Waals surface area contributed by atoms with Gasteiger partial charge < -0.3 is 11.1 Å². The summed E-state index contributed by atoms with van der Waals surface area (Å²) in [5.41, 5.74) is 9.16.